The van der Waals surface area contributed by atoms with E-state index in [2.05, 4.69) is 0 Å². The predicted molar refractivity (Wildman–Crippen MR) is 97.2 cm³/mol. The van der Waals surface area contributed by atoms with Gasteiger partial charge in [0, 0.05) is 20.1 Å². The molecule has 2 aliphatic rings. The van der Waals surface area contributed by atoms with Crippen LogP contribution in [0.25, 0.3) is 0 Å². The molecule has 3 rings (SSSR count). The molecule has 2 aliphatic heterocycles. The summed E-state index contributed by atoms with van der Waals surface area (Å²) in [6.45, 7) is -0.0934. The molecule has 0 bridgehead atoms. The van der Waals surface area contributed by atoms with Gasteiger partial charge in [0.1, 0.15) is 12.3 Å². The van der Waals surface area contributed by atoms with E-state index in [4.69, 9.17) is 4.74 Å². The first kappa shape index (κ1) is 20.3. The van der Waals surface area contributed by atoms with E-state index in [0.717, 1.165) is 26.3 Å². The highest BCUT2D eigenvalue weighted by Crippen LogP contribution is 2.33. The standard InChI is InChI=1S/C19H24F3N3O3/c1-23(13-19(20,21)22)17(26)12-25-11-16(18(27)24-9-5-2-6-10-24)28-15-8-4-3-7-14(15)25/h3-4,7-8,16H,2,5-6,9-13H2,1H3. The number of piperidine rings is 1. The molecule has 0 spiro atoms. The van der Waals surface area contributed by atoms with Crippen LogP contribution in [0.1, 0.15) is 19.3 Å². The summed E-state index contributed by atoms with van der Waals surface area (Å²) in [6.07, 6.45) is -2.27. The minimum absolute atomic E-state index is 0.123. The van der Waals surface area contributed by atoms with E-state index < -0.39 is 24.7 Å². The average molecular weight is 399 g/mol. The fourth-order valence-corrected chi connectivity index (χ4v) is 3.54. The second-order valence-electron chi connectivity index (χ2n) is 7.21. The number of alkyl halides is 3. The smallest absolute Gasteiger partial charge is 0.406 e. The van der Waals surface area contributed by atoms with Crippen LogP contribution in [-0.2, 0) is 9.59 Å². The molecule has 1 unspecified atom stereocenters. The molecule has 0 aromatic heterocycles. The van der Waals surface area contributed by atoms with Crippen molar-refractivity contribution in [1.29, 1.82) is 0 Å². The summed E-state index contributed by atoms with van der Waals surface area (Å²) in [5, 5.41) is 0. The van der Waals surface area contributed by atoms with Gasteiger partial charge in [-0.3, -0.25) is 9.59 Å². The number of amides is 2. The molecule has 1 fully saturated rings. The van der Waals surface area contributed by atoms with Crippen LogP contribution in [-0.4, -0.2) is 73.7 Å². The molecule has 1 aromatic carbocycles. The lowest BCUT2D eigenvalue weighted by atomic mass is 10.1. The number of rotatable bonds is 4. The number of likely N-dealkylation sites (tertiary alicyclic amines) is 1. The van der Waals surface area contributed by atoms with Crippen LogP contribution in [0.3, 0.4) is 0 Å². The predicted octanol–water partition coefficient (Wildman–Crippen LogP) is 2.29. The Morgan fingerprint density at radius 1 is 1.18 bits per heavy atom. The first-order valence-electron chi connectivity index (χ1n) is 9.35. The minimum Gasteiger partial charge on any atom is -0.477 e. The van der Waals surface area contributed by atoms with Crippen molar-refractivity contribution >= 4 is 17.5 Å². The molecule has 0 N–H and O–H groups in total. The first-order valence-corrected chi connectivity index (χ1v) is 9.35. The number of carbonyl (C=O) groups is 2. The van der Waals surface area contributed by atoms with Gasteiger partial charge in [-0.2, -0.15) is 13.2 Å². The fraction of sp³-hybridized carbons (Fsp3) is 0.579. The van der Waals surface area contributed by atoms with Crippen molar-refractivity contribution in [3.8, 4) is 5.75 Å². The van der Waals surface area contributed by atoms with Crippen LogP contribution in [0.5, 0.6) is 5.75 Å². The van der Waals surface area contributed by atoms with Gasteiger partial charge in [-0.05, 0) is 31.4 Å². The van der Waals surface area contributed by atoms with Crippen molar-refractivity contribution in [2.24, 2.45) is 0 Å². The summed E-state index contributed by atoms with van der Waals surface area (Å²) in [7, 11) is 1.12. The largest absolute Gasteiger partial charge is 0.477 e. The maximum atomic E-state index is 12.8. The van der Waals surface area contributed by atoms with Crippen LogP contribution >= 0.6 is 0 Å². The number of halogens is 3. The molecule has 9 heteroatoms. The normalized spacial score (nSPS) is 19.6. The number of hydrogen-bond donors (Lipinski definition) is 0. The van der Waals surface area contributed by atoms with Crippen molar-refractivity contribution in [2.75, 3.05) is 44.7 Å². The second-order valence-corrected chi connectivity index (χ2v) is 7.21. The van der Waals surface area contributed by atoms with E-state index in [1.807, 2.05) is 0 Å². The van der Waals surface area contributed by atoms with E-state index in [1.54, 1.807) is 34.1 Å². The summed E-state index contributed by atoms with van der Waals surface area (Å²) in [6, 6.07) is 6.93. The Morgan fingerprint density at radius 3 is 2.54 bits per heavy atom. The molecule has 1 aromatic rings. The Balaban J connectivity index is 1.74. The zero-order valence-electron chi connectivity index (χ0n) is 15.7. The van der Waals surface area contributed by atoms with Crippen LogP contribution < -0.4 is 9.64 Å². The summed E-state index contributed by atoms with van der Waals surface area (Å²) in [5.74, 6) is -0.358. The molecule has 0 saturated carbocycles. The van der Waals surface area contributed by atoms with Crippen molar-refractivity contribution in [2.45, 2.75) is 31.5 Å². The Labute approximate surface area is 161 Å². The van der Waals surface area contributed by atoms with Crippen molar-refractivity contribution < 1.29 is 27.5 Å². The van der Waals surface area contributed by atoms with Crippen molar-refractivity contribution in [3.63, 3.8) is 0 Å². The average Bonchev–Trinajstić information content (AvgIpc) is 2.66. The van der Waals surface area contributed by atoms with E-state index in [9.17, 15) is 22.8 Å². The number of anilines is 1. The Kier molecular flexibility index (Phi) is 6.00. The van der Waals surface area contributed by atoms with E-state index >= 15 is 0 Å². The summed E-state index contributed by atoms with van der Waals surface area (Å²) in [4.78, 5) is 29.2. The van der Waals surface area contributed by atoms with Crippen molar-refractivity contribution in [3.05, 3.63) is 24.3 Å². The highest BCUT2D eigenvalue weighted by atomic mass is 19.4. The fourth-order valence-electron chi connectivity index (χ4n) is 3.54. The monoisotopic (exact) mass is 399 g/mol. The third-order valence-electron chi connectivity index (χ3n) is 4.97. The Morgan fingerprint density at radius 2 is 1.86 bits per heavy atom. The van der Waals surface area contributed by atoms with Gasteiger partial charge in [-0.25, -0.2) is 0 Å². The molecule has 6 nitrogen and oxygen atoms in total. The topological polar surface area (TPSA) is 53.1 Å². The minimum atomic E-state index is -4.46. The maximum Gasteiger partial charge on any atom is 0.406 e. The van der Waals surface area contributed by atoms with Gasteiger partial charge in [-0.1, -0.05) is 12.1 Å². The highest BCUT2D eigenvalue weighted by molar-refractivity contribution is 5.86. The second kappa shape index (κ2) is 8.28. The number of para-hydroxylation sites is 2. The SMILES string of the molecule is CN(CC(F)(F)F)C(=O)CN1CC(C(=O)N2CCCCC2)Oc2ccccc21. The van der Waals surface area contributed by atoms with Gasteiger partial charge in [0.25, 0.3) is 5.91 Å². The van der Waals surface area contributed by atoms with E-state index in [0.29, 0.717) is 29.4 Å². The molecule has 154 valence electrons. The van der Waals surface area contributed by atoms with Gasteiger partial charge in [0.05, 0.1) is 18.8 Å². The number of carbonyl (C=O) groups excluding carboxylic acids is 2. The molecule has 1 saturated heterocycles. The molecule has 0 aliphatic carbocycles. The number of benzene rings is 1. The molecular weight excluding hydrogens is 375 g/mol. The summed E-state index contributed by atoms with van der Waals surface area (Å²) in [5.41, 5.74) is 0.596. The van der Waals surface area contributed by atoms with Gasteiger partial charge < -0.3 is 19.4 Å². The number of hydrogen-bond acceptors (Lipinski definition) is 4. The lowest BCUT2D eigenvalue weighted by Gasteiger charge is -2.38. The van der Waals surface area contributed by atoms with Gasteiger partial charge in [-0.15, -0.1) is 0 Å². The summed E-state index contributed by atoms with van der Waals surface area (Å²) >= 11 is 0. The van der Waals surface area contributed by atoms with E-state index in [1.165, 1.54) is 0 Å². The van der Waals surface area contributed by atoms with Crippen LogP contribution in [0.2, 0.25) is 0 Å². The number of likely N-dealkylation sites (N-methyl/N-ethyl adjacent to an activating group) is 1. The Hall–Kier alpha value is -2.45. The molecule has 28 heavy (non-hydrogen) atoms. The molecule has 2 heterocycles. The highest BCUT2D eigenvalue weighted by Gasteiger charge is 2.36. The lowest BCUT2D eigenvalue weighted by molar-refractivity contribution is -0.157. The molecule has 0 radical (unpaired) electrons. The molecular formula is C19H24F3N3O3. The molecule has 1 atom stereocenters. The number of ether oxygens (including phenoxy) is 1. The summed E-state index contributed by atoms with van der Waals surface area (Å²) < 4.78 is 43.6. The first-order chi connectivity index (χ1) is 13.2. The number of fused-ring (bicyclic) bond motifs is 1. The molecule has 2 amide bonds. The number of nitrogens with zero attached hydrogens (tertiary/aromatic N) is 3. The Bertz CT molecular complexity index is 720. The third kappa shape index (κ3) is 4.88. The van der Waals surface area contributed by atoms with Crippen molar-refractivity contribution in [1.82, 2.24) is 9.80 Å². The van der Waals surface area contributed by atoms with Crippen LogP contribution in [0.4, 0.5) is 18.9 Å². The lowest BCUT2D eigenvalue weighted by Crippen LogP contribution is -2.53. The van der Waals surface area contributed by atoms with Crippen LogP contribution in [0.15, 0.2) is 24.3 Å². The quantitative estimate of drug-likeness (QED) is 0.780. The van der Waals surface area contributed by atoms with Crippen LogP contribution in [0, 0.1) is 0 Å². The van der Waals surface area contributed by atoms with Gasteiger partial charge >= 0.3 is 6.18 Å². The van der Waals surface area contributed by atoms with Gasteiger partial charge in [0.2, 0.25) is 5.91 Å². The van der Waals surface area contributed by atoms with E-state index in [-0.39, 0.29) is 19.0 Å². The maximum absolute atomic E-state index is 12.8. The zero-order valence-corrected chi connectivity index (χ0v) is 15.7. The van der Waals surface area contributed by atoms with Gasteiger partial charge in [0.15, 0.2) is 6.10 Å². The zero-order chi connectivity index (χ0) is 20.3. The third-order valence-corrected chi connectivity index (χ3v) is 4.97.